The Kier molecular flexibility index (Phi) is 11.4. The summed E-state index contributed by atoms with van der Waals surface area (Å²) in [5, 5.41) is 18.2. The maximum absolute atomic E-state index is 8.36. The Morgan fingerprint density at radius 2 is 1.84 bits per heavy atom. The molecule has 2 N–H and O–H groups in total. The molecule has 0 saturated carbocycles. The van der Waals surface area contributed by atoms with Crippen LogP contribution < -0.4 is 0 Å². The first-order valence-electron chi connectivity index (χ1n) is 10.8. The van der Waals surface area contributed by atoms with Crippen LogP contribution in [0.3, 0.4) is 0 Å². The summed E-state index contributed by atoms with van der Waals surface area (Å²) in [4.78, 5) is 26.3. The van der Waals surface area contributed by atoms with Gasteiger partial charge in [-0.3, -0.25) is 29.1 Å². The minimum Gasteiger partial charge on any atom is -0.483 e. The van der Waals surface area contributed by atoms with Crippen molar-refractivity contribution in [2.24, 2.45) is 0 Å². The molecule has 32 heavy (non-hydrogen) atoms. The van der Waals surface area contributed by atoms with Crippen LogP contribution in [0.4, 0.5) is 0 Å². The minimum atomic E-state index is -0.250. The van der Waals surface area contributed by atoms with Gasteiger partial charge < -0.3 is 14.9 Å². The third-order valence-corrected chi connectivity index (χ3v) is 5.70. The summed E-state index contributed by atoms with van der Waals surface area (Å²) >= 11 is 0. The van der Waals surface area contributed by atoms with E-state index in [1.54, 1.807) is 0 Å². The van der Waals surface area contributed by atoms with Crippen LogP contribution in [-0.4, -0.2) is 92.7 Å². The highest BCUT2D eigenvalue weighted by atomic mass is 16.5. The number of aryl methyl sites for hydroxylation is 1. The van der Waals surface area contributed by atoms with Crippen molar-refractivity contribution in [3.8, 4) is 0 Å². The van der Waals surface area contributed by atoms with E-state index in [0.29, 0.717) is 12.1 Å². The largest absolute Gasteiger partial charge is 0.483 e. The van der Waals surface area contributed by atoms with E-state index in [2.05, 4.69) is 39.1 Å². The average Bonchev–Trinajstić information content (AvgIpc) is 3.44. The summed E-state index contributed by atoms with van der Waals surface area (Å²) in [7, 11) is 0. The number of aromatic nitrogens is 3. The van der Waals surface area contributed by atoms with Crippen LogP contribution in [0.25, 0.3) is 0 Å². The second-order valence-electron chi connectivity index (χ2n) is 7.52. The number of carbonyl (C=O) groups is 2. The number of pyridine rings is 1. The van der Waals surface area contributed by atoms with Crippen LogP contribution in [0.1, 0.15) is 24.5 Å². The van der Waals surface area contributed by atoms with Gasteiger partial charge in [-0.25, -0.2) is 0 Å². The number of nitrogens with zero attached hydrogens (tertiary/aromatic N) is 5. The molecule has 0 bridgehead atoms. The molecule has 2 atom stereocenters. The Morgan fingerprint density at radius 1 is 1.12 bits per heavy atom. The van der Waals surface area contributed by atoms with E-state index in [4.69, 9.17) is 24.5 Å². The number of rotatable bonds is 6. The summed E-state index contributed by atoms with van der Waals surface area (Å²) in [6.07, 6.45) is 10.4. The zero-order valence-corrected chi connectivity index (χ0v) is 18.5. The molecule has 0 aromatic carbocycles. The van der Waals surface area contributed by atoms with E-state index in [-0.39, 0.29) is 12.9 Å². The number of likely N-dealkylation sites (tertiary alicyclic amines) is 1. The SMILES string of the molecule is CCn1cc(CN2CC[C@@H](N3CCOCC3)[C@@H]2Cc2cccnc2)cn1.O=CO.O=CO. The fourth-order valence-electron chi connectivity index (χ4n) is 4.35. The molecule has 0 aliphatic carbocycles. The summed E-state index contributed by atoms with van der Waals surface area (Å²) in [6, 6.07) is 5.36. The lowest BCUT2D eigenvalue weighted by Gasteiger charge is -2.37. The third kappa shape index (κ3) is 7.70. The Bertz CT molecular complexity index is 776. The lowest BCUT2D eigenvalue weighted by atomic mass is 9.99. The molecule has 10 heteroatoms. The Morgan fingerprint density at radius 3 is 2.44 bits per heavy atom. The van der Waals surface area contributed by atoms with E-state index in [1.165, 1.54) is 17.5 Å². The Labute approximate surface area is 188 Å². The average molecular weight is 448 g/mol. The van der Waals surface area contributed by atoms with Gasteiger partial charge in [-0.05, 0) is 31.4 Å². The van der Waals surface area contributed by atoms with E-state index >= 15 is 0 Å². The molecule has 2 fully saturated rings. The summed E-state index contributed by atoms with van der Waals surface area (Å²) in [5.74, 6) is 0. The first-order chi connectivity index (χ1) is 15.7. The molecule has 2 aromatic rings. The second kappa shape index (κ2) is 14.3. The molecule has 176 valence electrons. The fourth-order valence-corrected chi connectivity index (χ4v) is 4.35. The molecular formula is C22H33N5O5. The van der Waals surface area contributed by atoms with Gasteiger partial charge in [0.2, 0.25) is 0 Å². The van der Waals surface area contributed by atoms with Gasteiger partial charge in [0.25, 0.3) is 12.9 Å². The molecule has 2 aromatic heterocycles. The van der Waals surface area contributed by atoms with Crippen LogP contribution in [0.15, 0.2) is 36.9 Å². The van der Waals surface area contributed by atoms with Gasteiger partial charge in [0.15, 0.2) is 0 Å². The number of hydrogen-bond acceptors (Lipinski definition) is 7. The van der Waals surface area contributed by atoms with Crippen molar-refractivity contribution in [2.75, 3.05) is 32.8 Å². The summed E-state index contributed by atoms with van der Waals surface area (Å²) in [6.45, 7) is 8.50. The van der Waals surface area contributed by atoms with E-state index < -0.39 is 0 Å². The van der Waals surface area contributed by atoms with Crippen molar-refractivity contribution in [3.05, 3.63) is 48.0 Å². The van der Waals surface area contributed by atoms with Crippen molar-refractivity contribution in [1.29, 1.82) is 0 Å². The topological polar surface area (TPSA) is 121 Å². The van der Waals surface area contributed by atoms with Gasteiger partial charge in [0.1, 0.15) is 0 Å². The Hall–Kier alpha value is -2.82. The zero-order chi connectivity index (χ0) is 23.2. The van der Waals surface area contributed by atoms with Crippen LogP contribution in [0, 0.1) is 0 Å². The van der Waals surface area contributed by atoms with Crippen molar-refractivity contribution in [3.63, 3.8) is 0 Å². The molecule has 0 radical (unpaired) electrons. The van der Waals surface area contributed by atoms with Crippen molar-refractivity contribution in [1.82, 2.24) is 24.6 Å². The Balaban J connectivity index is 0.000000547. The van der Waals surface area contributed by atoms with Gasteiger partial charge >= 0.3 is 0 Å². The van der Waals surface area contributed by atoms with Gasteiger partial charge in [0.05, 0.1) is 19.4 Å². The highest BCUT2D eigenvalue weighted by Gasteiger charge is 2.38. The highest BCUT2D eigenvalue weighted by molar-refractivity contribution is 5.33. The van der Waals surface area contributed by atoms with Crippen LogP contribution >= 0.6 is 0 Å². The van der Waals surface area contributed by atoms with E-state index in [9.17, 15) is 0 Å². The number of carboxylic acid groups (broad SMARTS) is 2. The smallest absolute Gasteiger partial charge is 0.290 e. The number of hydrogen-bond donors (Lipinski definition) is 2. The first-order valence-corrected chi connectivity index (χ1v) is 10.8. The summed E-state index contributed by atoms with van der Waals surface area (Å²) in [5.41, 5.74) is 2.64. The lowest BCUT2D eigenvalue weighted by molar-refractivity contribution is -0.123. The molecule has 0 amide bonds. The quantitative estimate of drug-likeness (QED) is 0.630. The van der Waals surface area contributed by atoms with Crippen molar-refractivity contribution in [2.45, 2.75) is 44.9 Å². The van der Waals surface area contributed by atoms with Crippen LogP contribution in [-0.2, 0) is 33.8 Å². The van der Waals surface area contributed by atoms with Gasteiger partial charge in [-0.2, -0.15) is 5.10 Å². The van der Waals surface area contributed by atoms with Crippen molar-refractivity contribution >= 4 is 12.9 Å². The predicted molar refractivity (Wildman–Crippen MR) is 118 cm³/mol. The van der Waals surface area contributed by atoms with Crippen LogP contribution in [0.5, 0.6) is 0 Å². The monoisotopic (exact) mass is 447 g/mol. The molecular weight excluding hydrogens is 414 g/mol. The second-order valence-corrected chi connectivity index (χ2v) is 7.52. The maximum Gasteiger partial charge on any atom is 0.290 e. The molecule has 0 unspecified atom stereocenters. The molecule has 2 aliphatic rings. The molecule has 4 heterocycles. The minimum absolute atomic E-state index is 0.250. The molecule has 10 nitrogen and oxygen atoms in total. The van der Waals surface area contributed by atoms with E-state index in [1.807, 2.05) is 29.3 Å². The molecule has 4 rings (SSSR count). The van der Waals surface area contributed by atoms with Gasteiger partial charge in [0, 0.05) is 69.0 Å². The fraction of sp³-hybridized carbons (Fsp3) is 0.545. The normalized spacial score (nSPS) is 21.0. The maximum atomic E-state index is 8.36. The lowest BCUT2D eigenvalue weighted by Crippen LogP contribution is -2.50. The molecule has 2 aliphatic heterocycles. The van der Waals surface area contributed by atoms with Gasteiger partial charge in [-0.15, -0.1) is 0 Å². The summed E-state index contributed by atoms with van der Waals surface area (Å²) < 4.78 is 7.59. The number of ether oxygens (including phenoxy) is 1. The van der Waals surface area contributed by atoms with Gasteiger partial charge in [-0.1, -0.05) is 6.07 Å². The third-order valence-electron chi connectivity index (χ3n) is 5.70. The number of morpholine rings is 1. The van der Waals surface area contributed by atoms with E-state index in [0.717, 1.165) is 52.4 Å². The predicted octanol–water partition coefficient (Wildman–Crippen LogP) is 1.22. The standard InChI is InChI=1S/C20H29N5O.2CH2O2/c1-2-25-16-18(14-22-25)15-24-7-5-19(23-8-10-26-11-9-23)20(24)12-17-4-3-6-21-13-17;2*2-1-3/h3-4,6,13-14,16,19-20H,2,5,7-12,15H2,1H3;2*1H,(H,2,3)/t19-,20+;;/m1../s1. The zero-order valence-electron chi connectivity index (χ0n) is 18.5. The van der Waals surface area contributed by atoms with Crippen LogP contribution in [0.2, 0.25) is 0 Å². The van der Waals surface area contributed by atoms with Crippen molar-refractivity contribution < 1.29 is 24.5 Å². The molecule has 0 spiro atoms. The highest BCUT2D eigenvalue weighted by Crippen LogP contribution is 2.28. The first kappa shape index (κ1) is 25.4. The molecule has 2 saturated heterocycles.